The van der Waals surface area contributed by atoms with Crippen molar-refractivity contribution >= 4 is 50.1 Å². The van der Waals surface area contributed by atoms with Gasteiger partial charge < -0.3 is 24.3 Å². The van der Waals surface area contributed by atoms with Crippen molar-refractivity contribution in [3.8, 4) is 11.5 Å². The van der Waals surface area contributed by atoms with Crippen molar-refractivity contribution in [2.24, 2.45) is 5.10 Å². The summed E-state index contributed by atoms with van der Waals surface area (Å²) in [6.07, 6.45) is 0.734. The summed E-state index contributed by atoms with van der Waals surface area (Å²) >= 11 is 6.99. The van der Waals surface area contributed by atoms with Crippen molar-refractivity contribution in [1.82, 2.24) is 10.7 Å². The van der Waals surface area contributed by atoms with Crippen LogP contribution in [-0.2, 0) is 27.5 Å². The van der Waals surface area contributed by atoms with Gasteiger partial charge in [0, 0.05) is 4.47 Å². The van der Waals surface area contributed by atoms with E-state index in [-0.39, 0.29) is 13.2 Å². The van der Waals surface area contributed by atoms with Crippen LogP contribution in [0.5, 0.6) is 11.5 Å². The van der Waals surface area contributed by atoms with Crippen molar-refractivity contribution in [2.45, 2.75) is 52.6 Å². The van der Waals surface area contributed by atoms with Crippen LogP contribution in [0, 0.1) is 0 Å². The number of hydrogen-bond donors (Lipinski definition) is 2. The number of nitrogens with zero attached hydrogens (tertiary/aromatic N) is 1. The first-order chi connectivity index (χ1) is 20.0. The maximum absolute atomic E-state index is 13.0. The molecular weight excluding hydrogens is 670 g/mol. The summed E-state index contributed by atoms with van der Waals surface area (Å²) in [6, 6.07) is 19.9. The molecule has 0 saturated carbocycles. The fraction of sp³-hybridized carbons (Fsp3) is 0.323. The van der Waals surface area contributed by atoms with Gasteiger partial charge in [0.2, 0.25) is 0 Å². The molecule has 0 fully saturated rings. The van der Waals surface area contributed by atoms with Crippen LogP contribution in [0.25, 0.3) is 0 Å². The maximum Gasteiger partial charge on any atom is 0.408 e. The van der Waals surface area contributed by atoms with E-state index >= 15 is 0 Å². The number of ether oxygens (including phenoxy) is 4. The number of nitrogens with one attached hydrogen (secondary N) is 2. The van der Waals surface area contributed by atoms with E-state index in [9.17, 15) is 9.59 Å². The van der Waals surface area contributed by atoms with Crippen LogP contribution in [0.4, 0.5) is 4.79 Å². The van der Waals surface area contributed by atoms with Gasteiger partial charge in [0.25, 0.3) is 5.91 Å². The Balaban J connectivity index is 1.67. The molecule has 0 aliphatic rings. The topological polar surface area (TPSA) is 107 Å². The molecule has 2 N–H and O–H groups in total. The number of hydrogen-bond acceptors (Lipinski definition) is 7. The molecule has 1 atom stereocenters. The quantitative estimate of drug-likeness (QED) is 0.151. The molecule has 0 heterocycles. The Labute approximate surface area is 263 Å². The number of alkyl carbamates (subject to hydrolysis) is 1. The Morgan fingerprint density at radius 1 is 0.952 bits per heavy atom. The summed E-state index contributed by atoms with van der Waals surface area (Å²) in [4.78, 5) is 25.4. The lowest BCUT2D eigenvalue weighted by molar-refractivity contribution is -0.124. The number of carbonyl (C=O) groups is 2. The van der Waals surface area contributed by atoms with Crippen LogP contribution in [0.1, 0.15) is 44.4 Å². The van der Waals surface area contributed by atoms with Crippen molar-refractivity contribution < 1.29 is 28.5 Å². The zero-order chi connectivity index (χ0) is 30.5. The van der Waals surface area contributed by atoms with Gasteiger partial charge in [-0.25, -0.2) is 10.2 Å². The van der Waals surface area contributed by atoms with Crippen LogP contribution in [0.2, 0.25) is 0 Å². The van der Waals surface area contributed by atoms with Crippen LogP contribution >= 0.6 is 31.9 Å². The molecule has 0 unspecified atom stereocenters. The number of amides is 2. The highest BCUT2D eigenvalue weighted by molar-refractivity contribution is 9.10. The molecule has 3 aromatic rings. The third-order valence-corrected chi connectivity index (χ3v) is 6.54. The summed E-state index contributed by atoms with van der Waals surface area (Å²) < 4.78 is 24.5. The fourth-order valence-corrected chi connectivity index (χ4v) is 4.39. The Morgan fingerprint density at radius 2 is 1.64 bits per heavy atom. The van der Waals surface area contributed by atoms with E-state index in [2.05, 4.69) is 47.7 Å². The summed E-state index contributed by atoms with van der Waals surface area (Å²) in [5.74, 6) is 0.511. The molecule has 3 aromatic carbocycles. The van der Waals surface area contributed by atoms with Crippen LogP contribution in [0.3, 0.4) is 0 Å². The highest BCUT2D eigenvalue weighted by atomic mass is 79.9. The number of benzene rings is 3. The van der Waals surface area contributed by atoms with Crippen molar-refractivity contribution in [3.05, 3.63) is 92.4 Å². The van der Waals surface area contributed by atoms with E-state index in [1.165, 1.54) is 6.21 Å². The third-order valence-electron chi connectivity index (χ3n) is 5.42. The first-order valence-corrected chi connectivity index (χ1v) is 14.9. The summed E-state index contributed by atoms with van der Waals surface area (Å²) in [5, 5.41) is 6.65. The molecule has 3 rings (SSSR count). The van der Waals surface area contributed by atoms with Gasteiger partial charge in [-0.05, 0) is 84.6 Å². The molecule has 0 aliphatic heterocycles. The molecule has 0 spiro atoms. The van der Waals surface area contributed by atoms with E-state index in [4.69, 9.17) is 18.9 Å². The summed E-state index contributed by atoms with van der Waals surface area (Å²) in [7, 11) is 0. The first kappa shape index (κ1) is 33.1. The minimum atomic E-state index is -1.04. The van der Waals surface area contributed by atoms with Gasteiger partial charge in [-0.15, -0.1) is 0 Å². The molecule has 9 nitrogen and oxygen atoms in total. The lowest BCUT2D eigenvalue weighted by Crippen LogP contribution is -2.49. The number of carbonyl (C=O) groups excluding carboxylic acids is 2. The first-order valence-electron chi connectivity index (χ1n) is 13.3. The largest absolute Gasteiger partial charge is 0.490 e. The molecule has 0 saturated heterocycles. The Morgan fingerprint density at radius 3 is 2.31 bits per heavy atom. The average Bonchev–Trinajstić information content (AvgIpc) is 2.93. The molecule has 0 bridgehead atoms. The molecule has 0 aromatic heterocycles. The molecule has 0 aliphatic carbocycles. The van der Waals surface area contributed by atoms with Gasteiger partial charge in [0.1, 0.15) is 18.2 Å². The average molecular weight is 705 g/mol. The van der Waals surface area contributed by atoms with Gasteiger partial charge in [-0.1, -0.05) is 58.4 Å². The SMILES string of the molecule is CCOc1cc(/C=N\NC(=O)[C@H](COCc2ccccc2)NC(=O)OC(C)(C)C)cc(Br)c1OCc1ccc(Br)cc1. The van der Waals surface area contributed by atoms with E-state index < -0.39 is 23.6 Å². The smallest absolute Gasteiger partial charge is 0.408 e. The second kappa shape index (κ2) is 16.3. The molecule has 11 heteroatoms. The summed E-state index contributed by atoms with van der Waals surface area (Å²) in [6.45, 7) is 8.07. The Kier molecular flexibility index (Phi) is 12.8. The molecular formula is C31H35Br2N3O6. The van der Waals surface area contributed by atoms with Crippen LogP contribution in [-0.4, -0.2) is 43.1 Å². The van der Waals surface area contributed by atoms with E-state index in [1.807, 2.05) is 61.5 Å². The van der Waals surface area contributed by atoms with Gasteiger partial charge >= 0.3 is 6.09 Å². The molecule has 224 valence electrons. The van der Waals surface area contributed by atoms with Crippen molar-refractivity contribution in [1.29, 1.82) is 0 Å². The predicted octanol–water partition coefficient (Wildman–Crippen LogP) is 6.75. The van der Waals surface area contributed by atoms with Gasteiger partial charge in [0.15, 0.2) is 11.5 Å². The molecule has 2 amide bonds. The third kappa shape index (κ3) is 11.5. The zero-order valence-electron chi connectivity index (χ0n) is 24.0. The fourth-order valence-electron chi connectivity index (χ4n) is 3.55. The number of halogens is 2. The maximum atomic E-state index is 13.0. The van der Waals surface area contributed by atoms with E-state index in [0.29, 0.717) is 34.7 Å². The summed E-state index contributed by atoms with van der Waals surface area (Å²) in [5.41, 5.74) is 4.34. The Hall–Kier alpha value is -3.41. The van der Waals surface area contributed by atoms with Gasteiger partial charge in [-0.2, -0.15) is 5.10 Å². The lowest BCUT2D eigenvalue weighted by Gasteiger charge is -2.22. The second-order valence-corrected chi connectivity index (χ2v) is 11.9. The van der Waals surface area contributed by atoms with Gasteiger partial charge in [0.05, 0.1) is 30.5 Å². The van der Waals surface area contributed by atoms with Crippen molar-refractivity contribution in [2.75, 3.05) is 13.2 Å². The standard InChI is InChI=1S/C31H35Br2N3O6/c1-5-40-27-16-23(15-25(33)28(27)41-19-22-11-13-24(32)14-12-22)17-34-36-29(37)26(35-30(38)42-31(2,3)4)20-39-18-21-9-7-6-8-10-21/h6-17,26H,5,18-20H2,1-4H3,(H,35,38)(H,36,37)/b34-17-/t26-/m0/s1. The van der Waals surface area contributed by atoms with Crippen molar-refractivity contribution in [3.63, 3.8) is 0 Å². The highest BCUT2D eigenvalue weighted by Crippen LogP contribution is 2.37. The zero-order valence-corrected chi connectivity index (χ0v) is 27.2. The normalized spacial score (nSPS) is 12.0. The second-order valence-electron chi connectivity index (χ2n) is 10.1. The van der Waals surface area contributed by atoms with Gasteiger partial charge in [-0.3, -0.25) is 4.79 Å². The van der Waals surface area contributed by atoms with E-state index in [0.717, 1.165) is 15.6 Å². The van der Waals surface area contributed by atoms with Crippen LogP contribution in [0.15, 0.2) is 80.8 Å². The number of rotatable bonds is 13. The highest BCUT2D eigenvalue weighted by Gasteiger charge is 2.24. The minimum Gasteiger partial charge on any atom is -0.490 e. The monoisotopic (exact) mass is 703 g/mol. The predicted molar refractivity (Wildman–Crippen MR) is 169 cm³/mol. The minimum absolute atomic E-state index is 0.0834. The van der Waals surface area contributed by atoms with Crippen LogP contribution < -0.4 is 20.2 Å². The lowest BCUT2D eigenvalue weighted by atomic mass is 10.2. The molecule has 0 radical (unpaired) electrons. The van der Waals surface area contributed by atoms with E-state index in [1.54, 1.807) is 32.9 Å². The number of hydrazone groups is 1. The Bertz CT molecular complexity index is 1350. The molecule has 42 heavy (non-hydrogen) atoms.